The van der Waals surface area contributed by atoms with Gasteiger partial charge in [0.25, 0.3) is 0 Å². The number of benzene rings is 3. The molecule has 5 rings (SSSR count). The molecule has 4 aromatic rings. The molecule has 0 spiro atoms. The van der Waals surface area contributed by atoms with Crippen LogP contribution in [0, 0.1) is 6.92 Å². The molecule has 1 aliphatic heterocycles. The molecule has 12 heteroatoms. The van der Waals surface area contributed by atoms with E-state index in [0.717, 1.165) is 53.9 Å². The molecular weight excluding hydrogens is 601 g/mol. The van der Waals surface area contributed by atoms with E-state index in [1.165, 1.54) is 46.4 Å². The predicted molar refractivity (Wildman–Crippen MR) is 173 cm³/mol. The van der Waals surface area contributed by atoms with Crippen LogP contribution in [-0.2, 0) is 6.42 Å². The van der Waals surface area contributed by atoms with Gasteiger partial charge < -0.3 is 15.0 Å². The lowest BCUT2D eigenvalue weighted by atomic mass is 10.0. The quantitative estimate of drug-likeness (QED) is 0.211. The summed E-state index contributed by atoms with van der Waals surface area (Å²) in [6.07, 6.45) is 1.40. The number of thioether (sulfide) groups is 1. The first-order valence-electron chi connectivity index (χ1n) is 14.5. The average molecular weight is 635 g/mol. The van der Waals surface area contributed by atoms with Gasteiger partial charge in [0.15, 0.2) is 11.0 Å². The molecule has 3 aromatic carbocycles. The second kappa shape index (κ2) is 14.0. The summed E-state index contributed by atoms with van der Waals surface area (Å²) in [5.41, 5.74) is 6.57. The van der Waals surface area contributed by atoms with Gasteiger partial charge in [-0.1, -0.05) is 61.5 Å². The first-order chi connectivity index (χ1) is 21.6. The maximum atomic E-state index is 12.9. The number of amides is 2. The van der Waals surface area contributed by atoms with Crippen LogP contribution in [0.3, 0.4) is 0 Å². The number of halogens is 3. The van der Waals surface area contributed by atoms with Crippen molar-refractivity contribution in [2.45, 2.75) is 46.4 Å². The van der Waals surface area contributed by atoms with E-state index in [0.29, 0.717) is 16.7 Å². The van der Waals surface area contributed by atoms with Gasteiger partial charge in [-0.2, -0.15) is 4.99 Å². The lowest BCUT2D eigenvalue weighted by molar-refractivity contribution is -0.274. The van der Waals surface area contributed by atoms with E-state index in [1.54, 1.807) is 18.0 Å². The molecular formula is C33H33F3N6O2S. The van der Waals surface area contributed by atoms with E-state index in [-0.39, 0.29) is 5.75 Å². The van der Waals surface area contributed by atoms with Gasteiger partial charge in [0.2, 0.25) is 0 Å². The van der Waals surface area contributed by atoms with Crippen LogP contribution < -0.4 is 15.0 Å². The molecule has 0 saturated carbocycles. The number of amidine groups is 1. The number of aryl methyl sites for hydroxylation is 2. The van der Waals surface area contributed by atoms with Crippen LogP contribution >= 0.6 is 11.8 Å². The monoisotopic (exact) mass is 634 g/mol. The molecule has 1 N–H and O–H groups in total. The van der Waals surface area contributed by atoms with Gasteiger partial charge in [-0.05, 0) is 79.3 Å². The highest BCUT2D eigenvalue weighted by Crippen LogP contribution is 2.30. The first-order valence-corrected chi connectivity index (χ1v) is 15.5. The van der Waals surface area contributed by atoms with Gasteiger partial charge in [0.05, 0.1) is 5.69 Å². The second-order valence-corrected chi connectivity index (χ2v) is 11.6. The van der Waals surface area contributed by atoms with E-state index in [2.05, 4.69) is 62.1 Å². The highest BCUT2D eigenvalue weighted by atomic mass is 32.2. The number of rotatable bonds is 8. The fourth-order valence-electron chi connectivity index (χ4n) is 4.86. The summed E-state index contributed by atoms with van der Waals surface area (Å²) in [4.78, 5) is 23.8. The number of nitrogens with one attached hydrogen (secondary N) is 1. The average Bonchev–Trinajstić information content (AvgIpc) is 3.51. The number of carbonyl (C=O) groups is 1. The summed E-state index contributed by atoms with van der Waals surface area (Å²) in [5.74, 6) is 1.05. The predicted octanol–water partition coefficient (Wildman–Crippen LogP) is 8.16. The zero-order chi connectivity index (χ0) is 32.0. The van der Waals surface area contributed by atoms with Gasteiger partial charge >= 0.3 is 12.4 Å². The van der Waals surface area contributed by atoms with Crippen LogP contribution in [0.15, 0.2) is 84.2 Å². The number of hydrogen-bond donors (Lipinski definition) is 1. The number of urea groups is 1. The summed E-state index contributed by atoms with van der Waals surface area (Å²) in [5, 5.41) is 7.95. The number of alkyl halides is 3. The van der Waals surface area contributed by atoms with Crippen LogP contribution in [0.1, 0.15) is 43.4 Å². The number of aliphatic imine (C=N–C) groups is 1. The van der Waals surface area contributed by atoms with E-state index < -0.39 is 12.4 Å². The summed E-state index contributed by atoms with van der Waals surface area (Å²) in [7, 11) is 0. The Labute approximate surface area is 264 Å². The van der Waals surface area contributed by atoms with Crippen molar-refractivity contribution in [2.75, 3.05) is 17.2 Å². The third-order valence-electron chi connectivity index (χ3n) is 7.07. The smallest absolute Gasteiger partial charge is 0.406 e. The Morgan fingerprint density at radius 2 is 1.87 bits per heavy atom. The Hall–Kier alpha value is -4.58. The standard InChI is InChI=1S/C33H33F3N6O2S/c1-4-6-25-8-7-22(2)19-29(25)41-17-5-18-45-32(41)39-31(43)37-20-23(3)24-9-11-26(12-10-24)30-38-21-42(40-30)27-13-15-28(16-14-27)44-33(34,35)36/h7-16,19-21H,4-6,17-18H2,1-3H3,(H,37,43)/b23-20+,39-32-. The van der Waals surface area contributed by atoms with Crippen molar-refractivity contribution in [3.63, 3.8) is 0 Å². The zero-order valence-corrected chi connectivity index (χ0v) is 26.0. The van der Waals surface area contributed by atoms with Crippen molar-refractivity contribution < 1.29 is 22.7 Å². The zero-order valence-electron chi connectivity index (χ0n) is 25.1. The number of carbonyl (C=O) groups excluding carboxylic acids is 1. The van der Waals surface area contributed by atoms with Crippen molar-refractivity contribution in [2.24, 2.45) is 4.99 Å². The van der Waals surface area contributed by atoms with Crippen molar-refractivity contribution >= 4 is 34.2 Å². The van der Waals surface area contributed by atoms with E-state index in [9.17, 15) is 18.0 Å². The number of hydrogen-bond acceptors (Lipinski definition) is 5. The molecule has 2 amide bonds. The fraction of sp³-hybridized carbons (Fsp3) is 0.273. The Balaban J connectivity index is 1.24. The Morgan fingerprint density at radius 1 is 1.11 bits per heavy atom. The fourth-order valence-corrected chi connectivity index (χ4v) is 5.81. The molecule has 0 bridgehead atoms. The molecule has 2 heterocycles. The maximum absolute atomic E-state index is 12.9. The molecule has 8 nitrogen and oxygen atoms in total. The van der Waals surface area contributed by atoms with Crippen molar-refractivity contribution in [3.8, 4) is 22.8 Å². The molecule has 0 radical (unpaired) electrons. The van der Waals surface area contributed by atoms with E-state index in [4.69, 9.17) is 0 Å². The summed E-state index contributed by atoms with van der Waals surface area (Å²) in [6, 6.07) is 18.9. The van der Waals surface area contributed by atoms with Crippen LogP contribution in [0.4, 0.5) is 23.7 Å². The van der Waals surface area contributed by atoms with E-state index in [1.807, 2.05) is 31.2 Å². The molecule has 1 aliphatic rings. The lowest BCUT2D eigenvalue weighted by Gasteiger charge is -2.31. The van der Waals surface area contributed by atoms with Gasteiger partial charge in [0.1, 0.15) is 12.1 Å². The third kappa shape index (κ3) is 8.33. The third-order valence-corrected chi connectivity index (χ3v) is 8.14. The summed E-state index contributed by atoms with van der Waals surface area (Å²) in [6.45, 7) is 6.95. The van der Waals surface area contributed by atoms with Crippen LogP contribution in [0.25, 0.3) is 22.6 Å². The van der Waals surface area contributed by atoms with Crippen LogP contribution in [-0.4, -0.2) is 44.6 Å². The van der Waals surface area contributed by atoms with Gasteiger partial charge in [-0.3, -0.25) is 0 Å². The topological polar surface area (TPSA) is 84.6 Å². The number of anilines is 1. The van der Waals surface area contributed by atoms with Crippen molar-refractivity contribution in [1.29, 1.82) is 0 Å². The molecule has 1 aromatic heterocycles. The summed E-state index contributed by atoms with van der Waals surface area (Å²) < 4.78 is 42.7. The van der Waals surface area contributed by atoms with Gasteiger partial charge in [0, 0.05) is 29.7 Å². The first kappa shape index (κ1) is 31.8. The van der Waals surface area contributed by atoms with E-state index >= 15 is 0 Å². The molecule has 1 fully saturated rings. The molecule has 0 aliphatic carbocycles. The molecule has 234 valence electrons. The summed E-state index contributed by atoms with van der Waals surface area (Å²) >= 11 is 1.59. The number of nitrogens with zero attached hydrogens (tertiary/aromatic N) is 5. The van der Waals surface area contributed by atoms with Crippen molar-refractivity contribution in [1.82, 2.24) is 20.1 Å². The number of ether oxygens (including phenoxy) is 1. The lowest BCUT2D eigenvalue weighted by Crippen LogP contribution is -2.36. The highest BCUT2D eigenvalue weighted by Gasteiger charge is 2.31. The SMILES string of the molecule is CCCc1ccc(C)cc1N1CCCS/C1=N\C(=O)N/C=C(\C)c1ccc(-c2ncn(-c3ccc(OC(F)(F)F)cc3)n2)cc1. The minimum atomic E-state index is -4.75. The molecule has 0 unspecified atom stereocenters. The second-order valence-electron chi connectivity index (χ2n) is 10.5. The van der Waals surface area contributed by atoms with Gasteiger partial charge in [-0.25, -0.2) is 14.5 Å². The maximum Gasteiger partial charge on any atom is 0.573 e. The number of aromatic nitrogens is 3. The molecule has 1 saturated heterocycles. The van der Waals surface area contributed by atoms with Gasteiger partial charge in [-0.15, -0.1) is 18.3 Å². The normalized spacial score (nSPS) is 14.9. The Kier molecular flexibility index (Phi) is 9.92. The molecule has 0 atom stereocenters. The minimum absolute atomic E-state index is 0.313. The Bertz CT molecular complexity index is 1700. The minimum Gasteiger partial charge on any atom is -0.406 e. The van der Waals surface area contributed by atoms with Crippen LogP contribution in [0.5, 0.6) is 5.75 Å². The highest BCUT2D eigenvalue weighted by molar-refractivity contribution is 8.14. The number of allylic oxidation sites excluding steroid dienone is 1. The molecule has 45 heavy (non-hydrogen) atoms. The van der Waals surface area contributed by atoms with Crippen molar-refractivity contribution in [3.05, 3.63) is 95.9 Å². The Morgan fingerprint density at radius 3 is 2.58 bits per heavy atom. The largest absolute Gasteiger partial charge is 0.573 e. The van der Waals surface area contributed by atoms with Crippen LogP contribution in [0.2, 0.25) is 0 Å².